The first-order chi connectivity index (χ1) is 8.17. The number of hydrogen-bond acceptors (Lipinski definition) is 3. The molecule has 1 heterocycles. The molecule has 5 aliphatic rings. The van der Waals surface area contributed by atoms with Crippen LogP contribution in [-0.2, 0) is 14.2 Å². The molecule has 18 heavy (non-hydrogen) atoms. The molecule has 7 heteroatoms. The van der Waals surface area contributed by atoms with Gasteiger partial charge in [0.1, 0.15) is 9.75 Å². The van der Waals surface area contributed by atoms with Gasteiger partial charge in [0.25, 0.3) is 0 Å². The molecule has 0 spiro atoms. The molecule has 0 radical (unpaired) electrons. The molecule has 1 aliphatic heterocycles. The highest BCUT2D eigenvalue weighted by Gasteiger charge is 3.12. The molecule has 102 valence electrons. The highest BCUT2D eigenvalue weighted by Crippen LogP contribution is 2.95. The van der Waals surface area contributed by atoms with E-state index in [1.807, 2.05) is 6.92 Å². The van der Waals surface area contributed by atoms with Crippen LogP contribution in [-0.4, -0.2) is 45.3 Å². The van der Waals surface area contributed by atoms with Gasteiger partial charge in [0.2, 0.25) is 5.79 Å². The minimum absolute atomic E-state index is 0.0981. The number of methoxy groups -OCH3 is 2. The van der Waals surface area contributed by atoms with Gasteiger partial charge >= 0.3 is 0 Å². The second-order valence-corrected chi connectivity index (χ2v) is 8.10. The van der Waals surface area contributed by atoms with Crippen molar-refractivity contribution in [3.05, 3.63) is 0 Å². The first-order valence-corrected chi connectivity index (χ1v) is 7.24. The second kappa shape index (κ2) is 2.70. The van der Waals surface area contributed by atoms with Crippen LogP contribution in [0.5, 0.6) is 0 Å². The normalized spacial score (nSPS) is 69.8. The zero-order valence-corrected chi connectivity index (χ0v) is 13.0. The standard InChI is InChI=1S/C11H12Cl4O3/c1-6-5-4-7(12)9(6,14)10(15,18-6)8(5,13)11(7,16-2)17-3/h5H,4H2,1-3H3/t5-,6-,7+,8+,9+,10-/m1/s1. The lowest BCUT2D eigenvalue weighted by Gasteiger charge is -2.57. The summed E-state index contributed by atoms with van der Waals surface area (Å²) in [6, 6.07) is 0. The van der Waals surface area contributed by atoms with Crippen molar-refractivity contribution in [1.29, 1.82) is 0 Å². The molecule has 4 aliphatic carbocycles. The summed E-state index contributed by atoms with van der Waals surface area (Å²) in [5, 5.41) is -1.26. The minimum Gasteiger partial charge on any atom is -0.350 e. The van der Waals surface area contributed by atoms with Gasteiger partial charge in [-0.15, -0.1) is 34.8 Å². The zero-order valence-electron chi connectivity index (χ0n) is 10.0. The van der Waals surface area contributed by atoms with E-state index in [2.05, 4.69) is 0 Å². The fourth-order valence-electron chi connectivity index (χ4n) is 5.15. The Morgan fingerprint density at radius 1 is 1.11 bits per heavy atom. The van der Waals surface area contributed by atoms with Gasteiger partial charge in [-0.25, -0.2) is 0 Å². The lowest BCUT2D eigenvalue weighted by atomic mass is 9.79. The summed E-state index contributed by atoms with van der Waals surface area (Å²) in [6.07, 6.45) is 0.564. The molecular formula is C11H12Cl4O3. The first kappa shape index (κ1) is 12.8. The van der Waals surface area contributed by atoms with Crippen molar-refractivity contribution in [3.63, 3.8) is 0 Å². The maximum atomic E-state index is 6.84. The SMILES string of the molecule is COC1(OC)[C@]2(Cl)C[C@H]3[C@]1(Cl)[C@@]1(Cl)O[C@@]3(C)[C@@]12Cl. The Balaban J connectivity index is 2.09. The van der Waals surface area contributed by atoms with Crippen LogP contribution in [0.1, 0.15) is 13.3 Å². The van der Waals surface area contributed by atoms with Gasteiger partial charge in [-0.3, -0.25) is 0 Å². The van der Waals surface area contributed by atoms with E-state index in [1.165, 1.54) is 14.2 Å². The van der Waals surface area contributed by atoms with Crippen molar-refractivity contribution in [2.24, 2.45) is 5.92 Å². The van der Waals surface area contributed by atoms with Crippen molar-refractivity contribution in [2.45, 2.75) is 44.4 Å². The van der Waals surface area contributed by atoms with E-state index in [-0.39, 0.29) is 5.92 Å². The van der Waals surface area contributed by atoms with Crippen molar-refractivity contribution >= 4 is 46.4 Å². The van der Waals surface area contributed by atoms with Gasteiger partial charge in [0.05, 0.1) is 5.60 Å². The maximum absolute atomic E-state index is 6.84. The fourth-order valence-corrected chi connectivity index (χ4v) is 8.17. The average Bonchev–Trinajstić information content (AvgIpc) is 2.76. The number of alkyl halides is 4. The van der Waals surface area contributed by atoms with Crippen molar-refractivity contribution in [2.75, 3.05) is 14.2 Å². The molecule has 0 N–H and O–H groups in total. The maximum Gasteiger partial charge on any atom is 0.213 e. The number of ether oxygens (including phenoxy) is 3. The second-order valence-electron chi connectivity index (χ2n) is 5.76. The Bertz CT molecular complexity index is 485. The largest absolute Gasteiger partial charge is 0.350 e. The quantitative estimate of drug-likeness (QED) is 0.574. The Labute approximate surface area is 125 Å². The van der Waals surface area contributed by atoms with E-state index in [4.69, 9.17) is 60.6 Å². The predicted octanol–water partition coefficient (Wildman–Crippen LogP) is 2.68. The molecule has 0 unspecified atom stereocenters. The van der Waals surface area contributed by atoms with Gasteiger partial charge in [-0.05, 0) is 13.3 Å². The molecule has 3 nitrogen and oxygen atoms in total. The predicted molar refractivity (Wildman–Crippen MR) is 68.7 cm³/mol. The van der Waals surface area contributed by atoms with E-state index in [1.54, 1.807) is 0 Å². The van der Waals surface area contributed by atoms with Crippen LogP contribution in [0.2, 0.25) is 0 Å². The molecule has 0 aromatic carbocycles. The van der Waals surface area contributed by atoms with Gasteiger partial charge in [0.15, 0.2) is 9.93 Å². The van der Waals surface area contributed by atoms with Gasteiger partial charge in [0, 0.05) is 20.1 Å². The van der Waals surface area contributed by atoms with Crippen LogP contribution in [0.15, 0.2) is 0 Å². The van der Waals surface area contributed by atoms with Gasteiger partial charge in [-0.2, -0.15) is 0 Å². The van der Waals surface area contributed by atoms with Gasteiger partial charge < -0.3 is 14.2 Å². The highest BCUT2D eigenvalue weighted by molar-refractivity contribution is 6.51. The van der Waals surface area contributed by atoms with Crippen LogP contribution in [0.25, 0.3) is 0 Å². The van der Waals surface area contributed by atoms with Crippen LogP contribution >= 0.6 is 46.4 Å². The Kier molecular flexibility index (Phi) is 1.91. The van der Waals surface area contributed by atoms with E-state index >= 15 is 0 Å². The van der Waals surface area contributed by atoms with Crippen molar-refractivity contribution in [3.8, 4) is 0 Å². The number of halogens is 4. The van der Waals surface area contributed by atoms with Crippen molar-refractivity contribution < 1.29 is 14.2 Å². The Morgan fingerprint density at radius 3 is 2.00 bits per heavy atom. The lowest BCUT2D eigenvalue weighted by molar-refractivity contribution is -0.233. The molecule has 0 aromatic heterocycles. The summed E-state index contributed by atoms with van der Waals surface area (Å²) in [6.45, 7) is 1.91. The number of hydrogen-bond donors (Lipinski definition) is 0. The molecule has 1 saturated heterocycles. The van der Waals surface area contributed by atoms with E-state index in [0.29, 0.717) is 6.42 Å². The number of rotatable bonds is 2. The summed E-state index contributed by atoms with van der Waals surface area (Å²) in [5.41, 5.74) is -0.625. The molecule has 5 rings (SSSR count). The minimum atomic E-state index is -1.26. The smallest absolute Gasteiger partial charge is 0.213 e. The fraction of sp³-hybridized carbons (Fsp3) is 1.00. The third kappa shape index (κ3) is 0.621. The van der Waals surface area contributed by atoms with E-state index in [9.17, 15) is 0 Å². The topological polar surface area (TPSA) is 27.7 Å². The zero-order chi connectivity index (χ0) is 13.4. The van der Waals surface area contributed by atoms with Crippen LogP contribution in [0.3, 0.4) is 0 Å². The molecular weight excluding hydrogens is 322 g/mol. The molecule has 4 saturated carbocycles. The van der Waals surface area contributed by atoms with Crippen LogP contribution < -0.4 is 0 Å². The third-order valence-electron chi connectivity index (χ3n) is 5.70. The Hall–Kier alpha value is 1.04. The van der Waals surface area contributed by atoms with E-state index < -0.39 is 31.1 Å². The van der Waals surface area contributed by atoms with Crippen molar-refractivity contribution in [1.82, 2.24) is 0 Å². The molecule has 5 fully saturated rings. The monoisotopic (exact) mass is 332 g/mol. The first-order valence-electron chi connectivity index (χ1n) is 5.73. The van der Waals surface area contributed by atoms with E-state index in [0.717, 1.165) is 0 Å². The lowest BCUT2D eigenvalue weighted by Crippen LogP contribution is -2.74. The molecule has 6 bridgehead atoms. The third-order valence-corrected chi connectivity index (χ3v) is 9.08. The Morgan fingerprint density at radius 2 is 1.67 bits per heavy atom. The van der Waals surface area contributed by atoms with Crippen LogP contribution in [0.4, 0.5) is 0 Å². The summed E-state index contributed by atoms with van der Waals surface area (Å²) in [4.78, 5) is -3.07. The van der Waals surface area contributed by atoms with Crippen LogP contribution in [0, 0.1) is 5.92 Å². The van der Waals surface area contributed by atoms with Gasteiger partial charge in [-0.1, -0.05) is 11.6 Å². The summed E-state index contributed by atoms with van der Waals surface area (Å²) >= 11 is 27.1. The summed E-state index contributed by atoms with van der Waals surface area (Å²) in [7, 11) is 3.02. The molecule has 6 atom stereocenters. The average molecular weight is 334 g/mol. The molecule has 0 aromatic rings. The highest BCUT2D eigenvalue weighted by atomic mass is 35.5. The summed E-state index contributed by atoms with van der Waals surface area (Å²) in [5.74, 6) is -1.34. The molecule has 0 amide bonds. The summed E-state index contributed by atoms with van der Waals surface area (Å²) < 4.78 is 17.0.